The van der Waals surface area contributed by atoms with E-state index in [0.717, 1.165) is 31.9 Å². The molecule has 7 nitrogen and oxygen atoms in total. The Balaban J connectivity index is 1.43. The lowest BCUT2D eigenvalue weighted by molar-refractivity contribution is 0.0600. The smallest absolute Gasteiger partial charge is 0.261 e. The van der Waals surface area contributed by atoms with Crippen molar-refractivity contribution in [3.05, 3.63) is 59.4 Å². The SMILES string of the molecule is COc1c(F)cccc1N1CCN(C[C@@H](CCN2C(=O)c3ccccc3C2=O)O[Si](C)(C)C(C)(C)C)CC1. The van der Waals surface area contributed by atoms with E-state index >= 15 is 0 Å². The Labute approximate surface area is 226 Å². The molecule has 0 unspecified atom stereocenters. The van der Waals surface area contributed by atoms with Gasteiger partial charge in [0.15, 0.2) is 19.9 Å². The molecule has 1 fully saturated rings. The van der Waals surface area contributed by atoms with Gasteiger partial charge in [0, 0.05) is 39.3 Å². The van der Waals surface area contributed by atoms with Crippen LogP contribution in [0.4, 0.5) is 10.1 Å². The van der Waals surface area contributed by atoms with E-state index in [4.69, 9.17) is 9.16 Å². The monoisotopic (exact) mass is 541 g/mol. The largest absolute Gasteiger partial charge is 0.492 e. The summed E-state index contributed by atoms with van der Waals surface area (Å²) in [5.74, 6) is -0.534. The van der Waals surface area contributed by atoms with E-state index in [1.807, 2.05) is 6.07 Å². The maximum absolute atomic E-state index is 14.2. The van der Waals surface area contributed by atoms with Gasteiger partial charge in [0.05, 0.1) is 30.0 Å². The van der Waals surface area contributed by atoms with Gasteiger partial charge in [0.2, 0.25) is 0 Å². The van der Waals surface area contributed by atoms with Crippen LogP contribution in [0.15, 0.2) is 42.5 Å². The number of halogens is 1. The molecule has 38 heavy (non-hydrogen) atoms. The summed E-state index contributed by atoms with van der Waals surface area (Å²) in [5, 5.41) is 0.0351. The van der Waals surface area contributed by atoms with E-state index in [2.05, 4.69) is 43.7 Å². The van der Waals surface area contributed by atoms with Gasteiger partial charge >= 0.3 is 0 Å². The molecule has 2 aliphatic rings. The van der Waals surface area contributed by atoms with Crippen LogP contribution in [-0.4, -0.2) is 82.4 Å². The van der Waals surface area contributed by atoms with Crippen LogP contribution >= 0.6 is 0 Å². The molecule has 206 valence electrons. The van der Waals surface area contributed by atoms with Gasteiger partial charge in [0.25, 0.3) is 11.8 Å². The fourth-order valence-corrected chi connectivity index (χ4v) is 6.28. The second kappa shape index (κ2) is 11.2. The number of anilines is 1. The Morgan fingerprint density at radius 3 is 2.11 bits per heavy atom. The van der Waals surface area contributed by atoms with Crippen molar-refractivity contribution < 1.29 is 23.1 Å². The number of amides is 2. The first-order chi connectivity index (χ1) is 17.9. The molecule has 0 aromatic heterocycles. The quantitative estimate of drug-likeness (QED) is 0.328. The van der Waals surface area contributed by atoms with Gasteiger partial charge < -0.3 is 14.1 Å². The number of benzene rings is 2. The van der Waals surface area contributed by atoms with Crippen LogP contribution in [0.25, 0.3) is 0 Å². The van der Waals surface area contributed by atoms with E-state index in [9.17, 15) is 14.0 Å². The summed E-state index contributed by atoms with van der Waals surface area (Å²) >= 11 is 0. The molecule has 0 aliphatic carbocycles. The lowest BCUT2D eigenvalue weighted by Gasteiger charge is -2.42. The average molecular weight is 542 g/mol. The minimum atomic E-state index is -2.10. The zero-order valence-corrected chi connectivity index (χ0v) is 24.4. The minimum Gasteiger partial charge on any atom is -0.492 e. The second-order valence-corrected chi connectivity index (χ2v) is 16.4. The van der Waals surface area contributed by atoms with Crippen molar-refractivity contribution in [1.29, 1.82) is 0 Å². The van der Waals surface area contributed by atoms with Gasteiger partial charge in [-0.1, -0.05) is 39.0 Å². The van der Waals surface area contributed by atoms with Gasteiger partial charge in [-0.3, -0.25) is 19.4 Å². The van der Waals surface area contributed by atoms with Crippen molar-refractivity contribution in [1.82, 2.24) is 9.80 Å². The third-order valence-electron chi connectivity index (χ3n) is 8.15. The highest BCUT2D eigenvalue weighted by atomic mass is 28.4. The molecule has 1 saturated heterocycles. The topological polar surface area (TPSA) is 62.3 Å². The maximum Gasteiger partial charge on any atom is 0.261 e. The Hall–Kier alpha value is -2.75. The molecule has 9 heteroatoms. The normalized spacial score (nSPS) is 17.7. The molecule has 4 rings (SSSR count). The number of imide groups is 1. The molecule has 0 spiro atoms. The Kier molecular flexibility index (Phi) is 8.30. The third kappa shape index (κ3) is 5.79. The molecule has 2 heterocycles. The highest BCUT2D eigenvalue weighted by molar-refractivity contribution is 6.74. The number of nitrogens with zero attached hydrogens (tertiary/aromatic N) is 3. The van der Waals surface area contributed by atoms with E-state index in [1.54, 1.807) is 30.3 Å². The zero-order chi connectivity index (χ0) is 27.7. The van der Waals surface area contributed by atoms with Gasteiger partial charge in [-0.15, -0.1) is 0 Å². The summed E-state index contributed by atoms with van der Waals surface area (Å²) in [6.45, 7) is 15.2. The number of carbonyl (C=O) groups excluding carboxylic acids is 2. The summed E-state index contributed by atoms with van der Waals surface area (Å²) in [7, 11) is -0.600. The molecule has 2 aromatic carbocycles. The second-order valence-electron chi connectivity index (χ2n) is 11.7. The molecule has 1 atom stereocenters. The van der Waals surface area contributed by atoms with Crippen LogP contribution in [0.3, 0.4) is 0 Å². The molecule has 0 bridgehead atoms. The van der Waals surface area contributed by atoms with E-state index in [-0.39, 0.29) is 34.5 Å². The van der Waals surface area contributed by atoms with E-state index < -0.39 is 8.32 Å². The van der Waals surface area contributed by atoms with Gasteiger partial charge in [-0.05, 0) is 48.8 Å². The van der Waals surface area contributed by atoms with Crippen molar-refractivity contribution >= 4 is 25.8 Å². The van der Waals surface area contributed by atoms with E-state index in [0.29, 0.717) is 30.6 Å². The summed E-state index contributed by atoms with van der Waals surface area (Å²) in [4.78, 5) is 31.7. The lowest BCUT2D eigenvalue weighted by Crippen LogP contribution is -2.52. The Morgan fingerprint density at radius 1 is 0.947 bits per heavy atom. The number of para-hydroxylation sites is 1. The van der Waals surface area contributed by atoms with Crippen LogP contribution in [0.1, 0.15) is 47.9 Å². The predicted octanol–water partition coefficient (Wildman–Crippen LogP) is 5.03. The molecule has 2 aliphatic heterocycles. The summed E-state index contributed by atoms with van der Waals surface area (Å²) in [6.07, 6.45) is 0.464. The highest BCUT2D eigenvalue weighted by Crippen LogP contribution is 2.38. The number of hydrogen-bond acceptors (Lipinski definition) is 6. The van der Waals surface area contributed by atoms with Crippen LogP contribution in [0, 0.1) is 5.82 Å². The van der Waals surface area contributed by atoms with Crippen LogP contribution in [0.2, 0.25) is 18.1 Å². The fraction of sp³-hybridized carbons (Fsp3) is 0.517. The Bertz CT molecular complexity index is 1140. The lowest BCUT2D eigenvalue weighted by atomic mass is 10.1. The van der Waals surface area contributed by atoms with Crippen molar-refractivity contribution in [2.45, 2.75) is 51.4 Å². The highest BCUT2D eigenvalue weighted by Gasteiger charge is 2.41. The fourth-order valence-electron chi connectivity index (χ4n) is 4.90. The van der Waals surface area contributed by atoms with Crippen LogP contribution in [0.5, 0.6) is 5.75 Å². The average Bonchev–Trinajstić information content (AvgIpc) is 3.11. The van der Waals surface area contributed by atoms with Crippen LogP contribution in [-0.2, 0) is 4.43 Å². The standard InChI is InChI=1S/C29H40FN3O4Si/c1-29(2,3)38(5,6)37-21(14-15-33-27(34)22-10-7-8-11-23(22)28(33)35)20-31-16-18-32(19-17-31)25-13-9-12-24(30)26(25)36-4/h7-13,21H,14-20H2,1-6H3/t21-/m1/s1. The molecular weight excluding hydrogens is 501 g/mol. The number of carbonyl (C=O) groups is 2. The third-order valence-corrected chi connectivity index (χ3v) is 12.7. The first-order valence-electron chi connectivity index (χ1n) is 13.4. The first-order valence-corrected chi connectivity index (χ1v) is 16.3. The van der Waals surface area contributed by atoms with Crippen molar-refractivity contribution in [2.75, 3.05) is 51.3 Å². The number of rotatable bonds is 9. The summed E-state index contributed by atoms with van der Waals surface area (Å²) in [5.41, 5.74) is 1.72. The maximum atomic E-state index is 14.2. The minimum absolute atomic E-state index is 0.0351. The number of fused-ring (bicyclic) bond motifs is 1. The molecular formula is C29H40FN3O4Si. The molecule has 0 saturated carbocycles. The number of ether oxygens (including phenoxy) is 1. The zero-order valence-electron chi connectivity index (χ0n) is 23.4. The number of piperazine rings is 1. The first kappa shape index (κ1) is 28.3. The van der Waals surface area contributed by atoms with Crippen molar-refractivity contribution in [3.8, 4) is 5.75 Å². The molecule has 2 aromatic rings. The van der Waals surface area contributed by atoms with Gasteiger partial charge in [0.1, 0.15) is 0 Å². The summed E-state index contributed by atoms with van der Waals surface area (Å²) in [6, 6.07) is 12.0. The van der Waals surface area contributed by atoms with Crippen molar-refractivity contribution in [3.63, 3.8) is 0 Å². The Morgan fingerprint density at radius 2 is 1.55 bits per heavy atom. The summed E-state index contributed by atoms with van der Waals surface area (Å²) < 4.78 is 26.4. The molecule has 0 radical (unpaired) electrons. The predicted molar refractivity (Wildman–Crippen MR) is 150 cm³/mol. The van der Waals surface area contributed by atoms with E-state index in [1.165, 1.54) is 18.1 Å². The van der Waals surface area contributed by atoms with Crippen molar-refractivity contribution in [2.24, 2.45) is 0 Å². The molecule has 0 N–H and O–H groups in total. The van der Waals surface area contributed by atoms with Gasteiger partial charge in [-0.25, -0.2) is 4.39 Å². The van der Waals surface area contributed by atoms with Gasteiger partial charge in [-0.2, -0.15) is 0 Å². The number of methoxy groups -OCH3 is 1. The molecule has 2 amide bonds. The number of hydrogen-bond donors (Lipinski definition) is 0. The van der Waals surface area contributed by atoms with Crippen LogP contribution < -0.4 is 9.64 Å².